The van der Waals surface area contributed by atoms with E-state index in [-0.39, 0.29) is 48.2 Å². The van der Waals surface area contributed by atoms with Crippen molar-refractivity contribution in [3.63, 3.8) is 0 Å². The molecule has 1 amide bonds. The van der Waals surface area contributed by atoms with Gasteiger partial charge in [0.05, 0.1) is 22.0 Å². The van der Waals surface area contributed by atoms with Crippen LogP contribution in [0.1, 0.15) is 40.7 Å². The third kappa shape index (κ3) is 5.17. The maximum atomic E-state index is 13.9. The number of carbonyl (C=O) groups excluding carboxylic acids is 1. The quantitative estimate of drug-likeness (QED) is 0.477. The van der Waals surface area contributed by atoms with Crippen LogP contribution in [0, 0.1) is 19.3 Å². The van der Waals surface area contributed by atoms with Gasteiger partial charge in [0.1, 0.15) is 6.61 Å². The van der Waals surface area contributed by atoms with Crippen LogP contribution >= 0.6 is 0 Å². The van der Waals surface area contributed by atoms with Crippen LogP contribution < -0.4 is 9.46 Å². The van der Waals surface area contributed by atoms with Crippen LogP contribution in [0.2, 0.25) is 0 Å². The lowest BCUT2D eigenvalue weighted by molar-refractivity contribution is -0.192. The van der Waals surface area contributed by atoms with Crippen LogP contribution in [0.4, 0.5) is 19.1 Å². The van der Waals surface area contributed by atoms with Gasteiger partial charge in [-0.1, -0.05) is 24.3 Å². The van der Waals surface area contributed by atoms with Gasteiger partial charge in [0.2, 0.25) is 11.8 Å². The number of alkyl halides is 3. The minimum absolute atomic E-state index is 0.0188. The van der Waals surface area contributed by atoms with Gasteiger partial charge in [-0.3, -0.25) is 4.79 Å². The average molecular weight is 561 g/mol. The summed E-state index contributed by atoms with van der Waals surface area (Å²) in [5, 5.41) is 0. The van der Waals surface area contributed by atoms with Gasteiger partial charge in [0.15, 0.2) is 0 Å². The van der Waals surface area contributed by atoms with Crippen LogP contribution in [0.25, 0.3) is 11.3 Å². The van der Waals surface area contributed by atoms with Crippen molar-refractivity contribution in [3.05, 3.63) is 65.2 Å². The summed E-state index contributed by atoms with van der Waals surface area (Å²) in [7, 11) is -2.82. The zero-order valence-electron chi connectivity index (χ0n) is 21.5. The minimum atomic E-state index is -4.42. The molecule has 8 nitrogen and oxygen atoms in total. The number of nitrogens with one attached hydrogen (secondary N) is 1. The molecule has 1 aromatic heterocycles. The van der Waals surface area contributed by atoms with Crippen molar-refractivity contribution in [2.45, 2.75) is 50.2 Å². The smallest absolute Gasteiger partial charge is 0.394 e. The van der Waals surface area contributed by atoms with Gasteiger partial charge in [-0.25, -0.2) is 18.1 Å². The van der Waals surface area contributed by atoms with E-state index >= 15 is 0 Å². The molecule has 0 spiro atoms. The Bertz CT molecular complexity index is 1530. The number of anilines is 1. The Morgan fingerprint density at radius 2 is 1.74 bits per heavy atom. The molecule has 0 radical (unpaired) electrons. The largest absolute Gasteiger partial charge is 0.475 e. The van der Waals surface area contributed by atoms with E-state index in [1.807, 2.05) is 32.0 Å². The van der Waals surface area contributed by atoms with Crippen molar-refractivity contribution >= 4 is 21.9 Å². The van der Waals surface area contributed by atoms with Crippen molar-refractivity contribution in [1.82, 2.24) is 14.9 Å². The van der Waals surface area contributed by atoms with Crippen molar-refractivity contribution < 1.29 is 31.1 Å². The molecule has 2 heterocycles. The molecular weight excluding hydrogens is 533 g/mol. The standard InChI is InChI=1S/C27H27F3N4O4S/c1-16-6-4-7-17(2)23(16)21-13-22-32-25(31-21)33-39(36,37)20-9-5-8-18(12-20)24(35)34(3)19(15-38-22)14-26(10-11-26)27(28,29)30/h4-9,12-13,19H,10-11,14-15H2,1-3H3,(H,31,32,33)/t19-/m1/s1. The molecule has 39 heavy (non-hydrogen) atoms. The molecule has 1 fully saturated rings. The van der Waals surface area contributed by atoms with E-state index in [4.69, 9.17) is 4.74 Å². The summed E-state index contributed by atoms with van der Waals surface area (Å²) < 4.78 is 76.4. The number of hydrogen-bond acceptors (Lipinski definition) is 6. The number of hydrogen-bond donors (Lipinski definition) is 1. The Hall–Kier alpha value is -3.67. The van der Waals surface area contributed by atoms with Gasteiger partial charge in [0, 0.05) is 24.2 Å². The first-order chi connectivity index (χ1) is 18.3. The molecule has 1 atom stereocenters. The molecule has 2 aliphatic rings. The average Bonchev–Trinajstić information content (AvgIpc) is 3.66. The fourth-order valence-corrected chi connectivity index (χ4v) is 5.92. The van der Waals surface area contributed by atoms with Gasteiger partial charge in [-0.05, 0) is 62.4 Å². The summed E-state index contributed by atoms with van der Waals surface area (Å²) in [6.07, 6.45) is -4.83. The number of ether oxygens (including phenoxy) is 1. The highest BCUT2D eigenvalue weighted by Gasteiger charge is 2.63. The fraction of sp³-hybridized carbons (Fsp3) is 0.370. The number of aromatic nitrogens is 2. The number of halogens is 3. The van der Waals surface area contributed by atoms with Gasteiger partial charge >= 0.3 is 6.18 Å². The second-order valence-corrected chi connectivity index (χ2v) is 11.9. The number of rotatable bonds is 3. The van der Waals surface area contributed by atoms with E-state index < -0.39 is 33.6 Å². The number of nitrogens with zero attached hydrogens (tertiary/aromatic N) is 3. The van der Waals surface area contributed by atoms with Gasteiger partial charge < -0.3 is 9.64 Å². The number of fused-ring (bicyclic) bond motifs is 4. The molecule has 206 valence electrons. The lowest BCUT2D eigenvalue weighted by Crippen LogP contribution is -2.44. The fourth-order valence-electron chi connectivity index (χ4n) is 4.93. The van der Waals surface area contributed by atoms with E-state index in [0.29, 0.717) is 5.69 Å². The van der Waals surface area contributed by atoms with Gasteiger partial charge in [-0.15, -0.1) is 0 Å². The summed E-state index contributed by atoms with van der Waals surface area (Å²) >= 11 is 0. The minimum Gasteiger partial charge on any atom is -0.475 e. The number of aryl methyl sites for hydroxylation is 2. The normalized spacial score (nSPS) is 20.1. The monoisotopic (exact) mass is 560 g/mol. The Balaban J connectivity index is 1.64. The molecule has 1 aliphatic heterocycles. The van der Waals surface area contributed by atoms with E-state index in [2.05, 4.69) is 14.7 Å². The first-order valence-electron chi connectivity index (χ1n) is 12.3. The second kappa shape index (κ2) is 9.51. The van der Waals surface area contributed by atoms with E-state index in [1.165, 1.54) is 42.3 Å². The number of benzene rings is 2. The lowest BCUT2D eigenvalue weighted by atomic mass is 9.95. The maximum Gasteiger partial charge on any atom is 0.394 e. The Morgan fingerprint density at radius 3 is 2.38 bits per heavy atom. The molecule has 12 heteroatoms. The molecule has 0 unspecified atom stereocenters. The number of carbonyl (C=O) groups is 1. The predicted octanol–water partition coefficient (Wildman–Crippen LogP) is 5.13. The number of sulfonamides is 1. The zero-order chi connectivity index (χ0) is 28.2. The van der Waals surface area contributed by atoms with Crippen LogP contribution in [0.5, 0.6) is 5.88 Å². The highest BCUT2D eigenvalue weighted by Crippen LogP contribution is 2.60. The van der Waals surface area contributed by atoms with Gasteiger partial charge in [0.25, 0.3) is 15.9 Å². The van der Waals surface area contributed by atoms with Crippen molar-refractivity contribution in [3.8, 4) is 17.1 Å². The van der Waals surface area contributed by atoms with E-state index in [1.54, 1.807) is 0 Å². The van der Waals surface area contributed by atoms with Crippen LogP contribution in [-0.4, -0.2) is 55.1 Å². The summed E-state index contributed by atoms with van der Waals surface area (Å²) in [6, 6.07) is 11.5. The Labute approximate surface area is 224 Å². The van der Waals surface area contributed by atoms with E-state index in [0.717, 1.165) is 16.7 Å². The first-order valence-corrected chi connectivity index (χ1v) is 13.8. The number of likely N-dealkylation sites (N-methyl/N-ethyl adjacent to an activating group) is 1. The Kier molecular flexibility index (Phi) is 6.56. The highest BCUT2D eigenvalue weighted by atomic mass is 32.2. The van der Waals surface area contributed by atoms with Crippen molar-refractivity contribution in [2.75, 3.05) is 18.4 Å². The van der Waals surface area contributed by atoms with E-state index in [9.17, 15) is 26.4 Å². The second-order valence-electron chi connectivity index (χ2n) is 10.2. The Morgan fingerprint density at radius 1 is 1.08 bits per heavy atom. The summed E-state index contributed by atoms with van der Waals surface area (Å²) in [4.78, 5) is 22.9. The van der Waals surface area contributed by atoms with Gasteiger partial charge in [-0.2, -0.15) is 18.2 Å². The molecule has 2 aromatic carbocycles. The van der Waals surface area contributed by atoms with Crippen LogP contribution in [0.15, 0.2) is 53.4 Å². The van der Waals surface area contributed by atoms with Crippen LogP contribution in [0.3, 0.4) is 0 Å². The lowest BCUT2D eigenvalue weighted by Gasteiger charge is -2.32. The molecule has 1 N–H and O–H groups in total. The summed E-state index contributed by atoms with van der Waals surface area (Å²) in [6.45, 7) is 3.48. The summed E-state index contributed by atoms with van der Waals surface area (Å²) in [5.74, 6) is -0.916. The predicted molar refractivity (Wildman–Crippen MR) is 138 cm³/mol. The molecule has 5 rings (SSSR count). The molecule has 1 saturated carbocycles. The zero-order valence-corrected chi connectivity index (χ0v) is 22.4. The molecular formula is C27H27F3N4O4S. The summed E-state index contributed by atoms with van der Waals surface area (Å²) in [5.41, 5.74) is 1.01. The molecule has 3 aromatic rings. The third-order valence-electron chi connectivity index (χ3n) is 7.43. The van der Waals surface area contributed by atoms with Crippen molar-refractivity contribution in [2.24, 2.45) is 5.41 Å². The third-order valence-corrected chi connectivity index (χ3v) is 8.76. The van der Waals surface area contributed by atoms with Crippen molar-refractivity contribution in [1.29, 1.82) is 0 Å². The number of amides is 1. The molecule has 4 bridgehead atoms. The molecule has 1 aliphatic carbocycles. The SMILES string of the molecule is Cc1cccc(C)c1-c1cc2nc(n1)NS(=O)(=O)c1cccc(c1)C(=O)N(C)[C@H](CC1(C(F)(F)F)CC1)CO2. The maximum absolute atomic E-state index is 13.9. The molecule has 0 saturated heterocycles. The topological polar surface area (TPSA) is 101 Å². The first kappa shape index (κ1) is 26.9. The van der Waals surface area contributed by atoms with Crippen LogP contribution in [-0.2, 0) is 10.0 Å². The highest BCUT2D eigenvalue weighted by molar-refractivity contribution is 7.92.